The first-order chi connectivity index (χ1) is 13.0. The molecule has 0 radical (unpaired) electrons. The number of rotatable bonds is 8. The topological polar surface area (TPSA) is 83.6 Å². The van der Waals surface area contributed by atoms with E-state index >= 15 is 0 Å². The van der Waals surface area contributed by atoms with Gasteiger partial charge in [0, 0.05) is 6.42 Å². The minimum atomic E-state index is -0.906. The fraction of sp³-hybridized carbons (Fsp3) is 0.524. The van der Waals surface area contributed by atoms with Crippen LogP contribution in [0.3, 0.4) is 0 Å². The Morgan fingerprint density at radius 1 is 1.00 bits per heavy atom. The Labute approximate surface area is 159 Å². The Kier molecular flexibility index (Phi) is 6.04. The Morgan fingerprint density at radius 3 is 2.48 bits per heavy atom. The lowest BCUT2D eigenvalue weighted by atomic mass is 9.97. The van der Waals surface area contributed by atoms with Crippen molar-refractivity contribution in [1.29, 1.82) is 0 Å². The smallest absolute Gasteiger partial charge is 0.262 e. The van der Waals surface area contributed by atoms with Gasteiger partial charge >= 0.3 is 0 Å². The van der Waals surface area contributed by atoms with Crippen LogP contribution in [0.4, 0.5) is 0 Å². The molecule has 4 amide bonds. The maximum atomic E-state index is 13.0. The summed E-state index contributed by atoms with van der Waals surface area (Å²) >= 11 is 0. The zero-order valence-electron chi connectivity index (χ0n) is 15.8. The molecule has 2 aliphatic heterocycles. The van der Waals surface area contributed by atoms with Crippen LogP contribution in [-0.2, 0) is 16.0 Å². The van der Waals surface area contributed by atoms with Crippen LogP contribution in [-0.4, -0.2) is 34.6 Å². The van der Waals surface area contributed by atoms with Crippen molar-refractivity contribution in [3.05, 3.63) is 34.9 Å². The summed E-state index contributed by atoms with van der Waals surface area (Å²) in [6.07, 6.45) is 7.99. The number of fused-ring (bicyclic) bond motifs is 1. The van der Waals surface area contributed by atoms with E-state index < -0.39 is 23.8 Å². The van der Waals surface area contributed by atoms with Crippen molar-refractivity contribution in [2.75, 3.05) is 0 Å². The number of carbonyl (C=O) groups is 4. The molecule has 0 spiro atoms. The molecule has 144 valence electrons. The summed E-state index contributed by atoms with van der Waals surface area (Å²) in [5.41, 5.74) is 1.67. The van der Waals surface area contributed by atoms with Gasteiger partial charge in [-0.05, 0) is 30.9 Å². The van der Waals surface area contributed by atoms with Crippen LogP contribution in [0.25, 0.3) is 0 Å². The van der Waals surface area contributed by atoms with E-state index in [0.717, 1.165) is 29.7 Å². The third-order valence-corrected chi connectivity index (χ3v) is 5.35. The highest BCUT2D eigenvalue weighted by atomic mass is 16.2. The molecule has 0 saturated carbocycles. The van der Waals surface area contributed by atoms with Crippen molar-refractivity contribution in [3.63, 3.8) is 0 Å². The largest absolute Gasteiger partial charge is 0.295 e. The first-order valence-corrected chi connectivity index (χ1v) is 9.88. The van der Waals surface area contributed by atoms with Gasteiger partial charge in [-0.25, -0.2) is 0 Å². The lowest BCUT2D eigenvalue weighted by Gasteiger charge is -2.27. The van der Waals surface area contributed by atoms with E-state index in [1.54, 1.807) is 12.1 Å². The summed E-state index contributed by atoms with van der Waals surface area (Å²) in [5.74, 6) is -1.78. The highest BCUT2D eigenvalue weighted by molar-refractivity contribution is 6.24. The Hall–Kier alpha value is -2.50. The molecule has 0 aliphatic carbocycles. The molecule has 1 aromatic rings. The fourth-order valence-corrected chi connectivity index (χ4v) is 3.89. The summed E-state index contributed by atoms with van der Waals surface area (Å²) in [6.45, 7) is 2.18. The molecular formula is C21H26N2O4. The van der Waals surface area contributed by atoms with E-state index in [0.29, 0.717) is 11.1 Å². The number of imide groups is 2. The molecule has 1 fully saturated rings. The quantitative estimate of drug-likeness (QED) is 0.563. The van der Waals surface area contributed by atoms with Crippen molar-refractivity contribution in [1.82, 2.24) is 10.2 Å². The molecule has 3 rings (SSSR count). The number of carbonyl (C=O) groups excluding carboxylic acids is 4. The zero-order chi connectivity index (χ0) is 19.4. The minimum Gasteiger partial charge on any atom is -0.295 e. The van der Waals surface area contributed by atoms with Crippen molar-refractivity contribution >= 4 is 23.6 Å². The summed E-state index contributed by atoms with van der Waals surface area (Å²) in [4.78, 5) is 50.3. The lowest BCUT2D eigenvalue weighted by molar-refractivity contribution is -0.136. The molecule has 2 aliphatic rings. The molecular weight excluding hydrogens is 344 g/mol. The average Bonchev–Trinajstić information content (AvgIpc) is 2.90. The van der Waals surface area contributed by atoms with Gasteiger partial charge in [-0.1, -0.05) is 51.2 Å². The number of unbranched alkanes of at least 4 members (excludes halogenated alkanes) is 5. The molecule has 0 bridgehead atoms. The van der Waals surface area contributed by atoms with E-state index in [2.05, 4.69) is 12.2 Å². The first kappa shape index (κ1) is 19.3. The minimum absolute atomic E-state index is 0.133. The molecule has 6 heteroatoms. The molecule has 1 atom stereocenters. The van der Waals surface area contributed by atoms with E-state index in [9.17, 15) is 19.2 Å². The second-order valence-corrected chi connectivity index (χ2v) is 7.30. The molecule has 1 saturated heterocycles. The molecule has 1 N–H and O–H groups in total. The number of amides is 4. The SMILES string of the molecule is CCCCCCCCc1cccc2c1C(=O)N(C1CCC(=O)NC1=O)C2=O. The summed E-state index contributed by atoms with van der Waals surface area (Å²) in [6, 6.07) is 4.43. The van der Waals surface area contributed by atoms with Crippen LogP contribution in [0.2, 0.25) is 0 Å². The van der Waals surface area contributed by atoms with Crippen molar-refractivity contribution in [2.45, 2.75) is 70.8 Å². The van der Waals surface area contributed by atoms with Crippen molar-refractivity contribution < 1.29 is 19.2 Å². The van der Waals surface area contributed by atoms with E-state index in [-0.39, 0.29) is 18.7 Å². The molecule has 2 heterocycles. The normalized spacial score (nSPS) is 19.4. The standard InChI is InChI=1S/C21H26N2O4/c1-2-3-4-5-6-7-9-14-10-8-11-15-18(14)21(27)23(20(15)26)16-12-13-17(24)22-19(16)25/h8,10-11,16H,2-7,9,12-13H2,1H3,(H,22,24,25). The Balaban J connectivity index is 1.72. The Bertz CT molecular complexity index is 771. The third-order valence-electron chi connectivity index (χ3n) is 5.35. The van der Waals surface area contributed by atoms with E-state index in [1.807, 2.05) is 6.07 Å². The van der Waals surface area contributed by atoms with Crippen LogP contribution in [0.15, 0.2) is 18.2 Å². The predicted octanol–water partition coefficient (Wildman–Crippen LogP) is 2.99. The number of nitrogens with one attached hydrogen (secondary N) is 1. The molecule has 0 aromatic heterocycles. The van der Waals surface area contributed by atoms with Gasteiger partial charge in [0.05, 0.1) is 11.1 Å². The van der Waals surface area contributed by atoms with Crippen LogP contribution in [0.5, 0.6) is 0 Å². The average molecular weight is 370 g/mol. The van der Waals surface area contributed by atoms with Gasteiger partial charge in [0.15, 0.2) is 0 Å². The summed E-state index contributed by atoms with van der Waals surface area (Å²) in [5, 5.41) is 2.22. The van der Waals surface area contributed by atoms with Crippen LogP contribution in [0, 0.1) is 0 Å². The number of nitrogens with zero attached hydrogens (tertiary/aromatic N) is 1. The van der Waals surface area contributed by atoms with Gasteiger partial charge in [0.25, 0.3) is 11.8 Å². The Morgan fingerprint density at radius 2 is 1.74 bits per heavy atom. The number of benzene rings is 1. The summed E-state index contributed by atoms with van der Waals surface area (Å²) in [7, 11) is 0. The fourth-order valence-electron chi connectivity index (χ4n) is 3.89. The number of hydrogen-bond acceptors (Lipinski definition) is 4. The van der Waals surface area contributed by atoms with Crippen LogP contribution < -0.4 is 5.32 Å². The van der Waals surface area contributed by atoms with Crippen LogP contribution >= 0.6 is 0 Å². The van der Waals surface area contributed by atoms with Crippen molar-refractivity contribution in [2.24, 2.45) is 0 Å². The molecule has 27 heavy (non-hydrogen) atoms. The van der Waals surface area contributed by atoms with Gasteiger partial charge in [-0.2, -0.15) is 0 Å². The number of aryl methyl sites for hydroxylation is 1. The maximum Gasteiger partial charge on any atom is 0.262 e. The third kappa shape index (κ3) is 3.94. The van der Waals surface area contributed by atoms with Gasteiger partial charge < -0.3 is 0 Å². The van der Waals surface area contributed by atoms with Gasteiger partial charge in [0.2, 0.25) is 11.8 Å². The summed E-state index contributed by atoms with van der Waals surface area (Å²) < 4.78 is 0. The van der Waals surface area contributed by atoms with Gasteiger partial charge in [-0.15, -0.1) is 0 Å². The number of hydrogen-bond donors (Lipinski definition) is 1. The maximum absolute atomic E-state index is 13.0. The monoisotopic (exact) mass is 370 g/mol. The lowest BCUT2D eigenvalue weighted by Crippen LogP contribution is -2.54. The first-order valence-electron chi connectivity index (χ1n) is 9.88. The van der Waals surface area contributed by atoms with E-state index in [1.165, 1.54) is 25.7 Å². The second kappa shape index (κ2) is 8.46. The predicted molar refractivity (Wildman–Crippen MR) is 100 cm³/mol. The van der Waals surface area contributed by atoms with E-state index in [4.69, 9.17) is 0 Å². The van der Waals surface area contributed by atoms with Gasteiger partial charge in [-0.3, -0.25) is 29.4 Å². The number of piperidine rings is 1. The van der Waals surface area contributed by atoms with Gasteiger partial charge in [0.1, 0.15) is 6.04 Å². The second-order valence-electron chi connectivity index (χ2n) is 7.30. The molecule has 6 nitrogen and oxygen atoms in total. The zero-order valence-corrected chi connectivity index (χ0v) is 15.8. The van der Waals surface area contributed by atoms with Crippen LogP contribution in [0.1, 0.15) is 84.6 Å². The molecule has 1 aromatic carbocycles. The molecule has 1 unspecified atom stereocenters. The van der Waals surface area contributed by atoms with Crippen molar-refractivity contribution in [3.8, 4) is 0 Å². The highest BCUT2D eigenvalue weighted by Gasteiger charge is 2.45. The highest BCUT2D eigenvalue weighted by Crippen LogP contribution is 2.30.